The predicted molar refractivity (Wildman–Crippen MR) is 133 cm³/mol. The first-order valence-electron chi connectivity index (χ1n) is 11.3. The van der Waals surface area contributed by atoms with Gasteiger partial charge in [0.25, 0.3) is 0 Å². The van der Waals surface area contributed by atoms with Gasteiger partial charge in [0.1, 0.15) is 0 Å². The van der Waals surface area contributed by atoms with E-state index in [-0.39, 0.29) is 16.4 Å². The van der Waals surface area contributed by atoms with Gasteiger partial charge in [-0.1, -0.05) is 69.5 Å². The first-order valence-corrected chi connectivity index (χ1v) is 15.0. The highest BCUT2D eigenvalue weighted by Gasteiger charge is 2.38. The van der Waals surface area contributed by atoms with Crippen molar-refractivity contribution in [3.05, 3.63) is 34.4 Å². The molecule has 1 heterocycles. The molecule has 1 saturated carbocycles. The maximum Gasteiger partial charge on any atom is 0.192 e. The lowest BCUT2D eigenvalue weighted by molar-refractivity contribution is 0.0924. The fourth-order valence-corrected chi connectivity index (χ4v) is 5.63. The minimum Gasteiger partial charge on any atom is -0.416 e. The van der Waals surface area contributed by atoms with Crippen LogP contribution < -0.4 is 0 Å². The molecule has 1 aromatic heterocycles. The van der Waals surface area contributed by atoms with Crippen molar-refractivity contribution in [1.82, 2.24) is 4.57 Å². The molecule has 0 spiro atoms. The third-order valence-corrected chi connectivity index (χ3v) is 12.0. The monoisotopic (exact) mass is 491 g/mol. The molecule has 3 rings (SSSR count). The molecule has 5 heteroatoms. The zero-order valence-corrected chi connectivity index (χ0v) is 22.4. The highest BCUT2D eigenvalue weighted by atomic mass is 79.9. The number of fused-ring (bicyclic) bond motifs is 1. The Labute approximate surface area is 191 Å². The smallest absolute Gasteiger partial charge is 0.192 e. The van der Waals surface area contributed by atoms with Crippen molar-refractivity contribution in [2.75, 3.05) is 6.61 Å². The first-order chi connectivity index (χ1) is 13.8. The summed E-state index contributed by atoms with van der Waals surface area (Å²) in [7, 11) is -1.80. The summed E-state index contributed by atoms with van der Waals surface area (Å²) in [4.78, 5) is 13.2. The van der Waals surface area contributed by atoms with E-state index >= 15 is 0 Å². The van der Waals surface area contributed by atoms with Crippen LogP contribution >= 0.6 is 15.9 Å². The summed E-state index contributed by atoms with van der Waals surface area (Å²) < 4.78 is 9.87. The van der Waals surface area contributed by atoms with Gasteiger partial charge in [-0.25, -0.2) is 0 Å². The third-order valence-electron chi connectivity index (χ3n) is 7.06. The van der Waals surface area contributed by atoms with Gasteiger partial charge in [0.15, 0.2) is 14.1 Å². The molecule has 0 radical (unpaired) electrons. The molecule has 0 bridgehead atoms. The molecule has 0 amide bonds. The number of benzene rings is 1. The Kier molecular flexibility index (Phi) is 6.77. The van der Waals surface area contributed by atoms with E-state index in [1.807, 2.05) is 6.07 Å². The maximum absolute atomic E-state index is 13.2. The molecule has 1 aromatic carbocycles. The molecule has 3 nitrogen and oxygen atoms in total. The predicted octanol–water partition coefficient (Wildman–Crippen LogP) is 7.82. The Morgan fingerprint density at radius 1 is 1.17 bits per heavy atom. The quantitative estimate of drug-likeness (QED) is 0.291. The van der Waals surface area contributed by atoms with Crippen LogP contribution in [-0.2, 0) is 11.0 Å². The van der Waals surface area contributed by atoms with Crippen molar-refractivity contribution in [3.8, 4) is 0 Å². The summed E-state index contributed by atoms with van der Waals surface area (Å²) in [5, 5.41) is 1.28. The van der Waals surface area contributed by atoms with Crippen LogP contribution in [0, 0.1) is 11.3 Å². The summed E-state index contributed by atoms with van der Waals surface area (Å²) in [5.41, 5.74) is 1.99. The number of carbonyl (C=O) groups is 1. The summed E-state index contributed by atoms with van der Waals surface area (Å²) in [6.07, 6.45) is 6.53. The van der Waals surface area contributed by atoms with Crippen molar-refractivity contribution in [3.63, 3.8) is 0 Å². The molecule has 1 fully saturated rings. The van der Waals surface area contributed by atoms with Crippen LogP contribution in [0.5, 0.6) is 0 Å². The third kappa shape index (κ3) is 5.11. The second kappa shape index (κ2) is 8.55. The van der Waals surface area contributed by atoms with Gasteiger partial charge in [-0.15, -0.1) is 0 Å². The normalized spacial score (nSPS) is 16.5. The lowest BCUT2D eigenvalue weighted by Crippen LogP contribution is -2.43. The van der Waals surface area contributed by atoms with Gasteiger partial charge in [0, 0.05) is 51.6 Å². The molecular weight excluding hydrogens is 454 g/mol. The molecule has 166 valence electrons. The highest BCUT2D eigenvalue weighted by Crippen LogP contribution is 2.38. The highest BCUT2D eigenvalue weighted by molar-refractivity contribution is 9.10. The fourth-order valence-electron chi connectivity index (χ4n) is 4.10. The number of carbonyl (C=O) groups excluding carboxylic acids is 1. The van der Waals surface area contributed by atoms with Crippen LogP contribution in [0.3, 0.4) is 0 Å². The average Bonchev–Trinajstić information content (AvgIpc) is 3.27. The van der Waals surface area contributed by atoms with Crippen LogP contribution in [-0.4, -0.2) is 25.3 Å². The number of nitrogens with zero attached hydrogens (tertiary/aromatic N) is 1. The van der Waals surface area contributed by atoms with E-state index in [1.54, 1.807) is 0 Å². The zero-order chi connectivity index (χ0) is 22.3. The van der Waals surface area contributed by atoms with Gasteiger partial charge >= 0.3 is 0 Å². The SMILES string of the molecule is CC(C)(CO[Si](C)(C)C(C)(C)C)Cn1cc(C(=O)C2CCCC2)c2ccc(Br)cc21. The lowest BCUT2D eigenvalue weighted by Gasteiger charge is -2.39. The molecule has 0 N–H and O–H groups in total. The average molecular weight is 493 g/mol. The number of aromatic nitrogens is 1. The van der Waals surface area contributed by atoms with Crippen LogP contribution in [0.4, 0.5) is 0 Å². The number of hydrogen-bond donors (Lipinski definition) is 0. The Hall–Kier alpha value is -0.913. The van der Waals surface area contributed by atoms with Gasteiger partial charge in [-0.2, -0.15) is 0 Å². The molecule has 1 aliphatic rings. The number of rotatable bonds is 7. The minimum atomic E-state index is -1.80. The van der Waals surface area contributed by atoms with E-state index in [2.05, 4.69) is 86.5 Å². The van der Waals surface area contributed by atoms with Gasteiger partial charge in [0.2, 0.25) is 0 Å². The Balaban J connectivity index is 1.88. The topological polar surface area (TPSA) is 31.2 Å². The molecule has 0 saturated heterocycles. The number of halogens is 1. The minimum absolute atomic E-state index is 0.0303. The first kappa shape index (κ1) is 23.7. The van der Waals surface area contributed by atoms with Crippen molar-refractivity contribution < 1.29 is 9.22 Å². The Morgan fingerprint density at radius 3 is 2.40 bits per heavy atom. The lowest BCUT2D eigenvalue weighted by atomic mass is 9.95. The Morgan fingerprint density at radius 2 is 1.80 bits per heavy atom. The van der Waals surface area contributed by atoms with Crippen LogP contribution in [0.15, 0.2) is 28.9 Å². The van der Waals surface area contributed by atoms with Gasteiger partial charge < -0.3 is 8.99 Å². The second-order valence-corrected chi connectivity index (χ2v) is 17.1. The van der Waals surface area contributed by atoms with Gasteiger partial charge in [-0.3, -0.25) is 4.79 Å². The molecule has 0 unspecified atom stereocenters. The summed E-state index contributed by atoms with van der Waals surface area (Å²) in [5.74, 6) is 0.525. The van der Waals surface area contributed by atoms with Crippen molar-refractivity contribution in [1.29, 1.82) is 0 Å². The number of hydrogen-bond acceptors (Lipinski definition) is 2. The van der Waals surface area contributed by atoms with E-state index in [1.165, 1.54) is 12.8 Å². The van der Waals surface area contributed by atoms with Gasteiger partial charge in [0.05, 0.1) is 0 Å². The van der Waals surface area contributed by atoms with E-state index in [4.69, 9.17) is 4.43 Å². The molecule has 2 aromatic rings. The van der Waals surface area contributed by atoms with Crippen molar-refractivity contribution in [2.24, 2.45) is 11.3 Å². The Bertz CT molecular complexity index is 917. The molecular formula is C25H38BrNO2Si. The molecule has 30 heavy (non-hydrogen) atoms. The standard InChI is InChI=1S/C25H38BrNO2Si/c1-24(2,3)30(6,7)29-17-25(4,5)16-27-15-21(23(28)18-10-8-9-11-18)20-13-12-19(26)14-22(20)27/h12-15,18H,8-11,16-17H2,1-7H3. The van der Waals surface area contributed by atoms with Crippen molar-refractivity contribution in [2.45, 2.75) is 85.0 Å². The summed E-state index contributed by atoms with van der Waals surface area (Å²) in [6, 6.07) is 6.28. The zero-order valence-electron chi connectivity index (χ0n) is 19.8. The summed E-state index contributed by atoms with van der Waals surface area (Å²) in [6.45, 7) is 17.5. The second-order valence-electron chi connectivity index (χ2n) is 11.4. The van der Waals surface area contributed by atoms with E-state index in [0.29, 0.717) is 5.78 Å². The largest absolute Gasteiger partial charge is 0.416 e. The van der Waals surface area contributed by atoms with Crippen LogP contribution in [0.25, 0.3) is 10.9 Å². The van der Waals surface area contributed by atoms with Gasteiger partial charge in [-0.05, 0) is 43.1 Å². The van der Waals surface area contributed by atoms with E-state index in [9.17, 15) is 4.79 Å². The van der Waals surface area contributed by atoms with Crippen LogP contribution in [0.1, 0.15) is 70.7 Å². The number of Topliss-reactive ketones (excluding diaryl/α,β-unsaturated/α-hetero) is 1. The molecule has 1 aliphatic carbocycles. The maximum atomic E-state index is 13.2. The molecule has 0 atom stereocenters. The van der Waals surface area contributed by atoms with E-state index < -0.39 is 8.32 Å². The van der Waals surface area contributed by atoms with E-state index in [0.717, 1.165) is 46.9 Å². The van der Waals surface area contributed by atoms with Crippen molar-refractivity contribution >= 4 is 40.9 Å². The fraction of sp³-hybridized carbons (Fsp3) is 0.640. The molecule has 0 aliphatic heterocycles. The van der Waals surface area contributed by atoms with Crippen LogP contribution in [0.2, 0.25) is 18.1 Å². The number of ketones is 1. The summed E-state index contributed by atoms with van der Waals surface area (Å²) >= 11 is 3.62.